The van der Waals surface area contributed by atoms with Gasteiger partial charge >= 0.3 is 7.82 Å². The zero-order valence-corrected chi connectivity index (χ0v) is 8.58. The third-order valence-corrected chi connectivity index (χ3v) is 2.50. The van der Waals surface area contributed by atoms with Crippen LogP contribution in [0.2, 0.25) is 0 Å². The van der Waals surface area contributed by atoms with Crippen molar-refractivity contribution < 1.29 is 22.9 Å². The Balaban J connectivity index is 3.52. The van der Waals surface area contributed by atoms with Crippen LogP contribution in [-0.4, -0.2) is 34.0 Å². The van der Waals surface area contributed by atoms with Crippen molar-refractivity contribution >= 4 is 7.82 Å². The Morgan fingerprint density at radius 2 is 1.92 bits per heavy atom. The second-order valence-electron chi connectivity index (χ2n) is 1.90. The van der Waals surface area contributed by atoms with Gasteiger partial charge in [0.15, 0.2) is 0 Å². The Hall–Kier alpha value is -0.370. The number of ether oxygens (including phenoxy) is 1. The summed E-state index contributed by atoms with van der Waals surface area (Å²) in [4.78, 5) is 0. The minimum Gasteiger partial charge on any atom is -0.366 e. The molecule has 5 nitrogen and oxygen atoms in total. The molecule has 0 aromatic rings. The Bertz CT molecular complexity index is 201. The fraction of sp³-hybridized carbons (Fsp3) is 0.714. The van der Waals surface area contributed by atoms with E-state index in [4.69, 9.17) is 15.7 Å². The molecule has 0 atom stereocenters. The number of terminal acetylenes is 1. The fourth-order valence-corrected chi connectivity index (χ4v) is 1.18. The van der Waals surface area contributed by atoms with Gasteiger partial charge in [0.2, 0.25) is 0 Å². The molecule has 0 saturated heterocycles. The number of hydrogen-bond acceptors (Lipinski definition) is 5. The quantitative estimate of drug-likeness (QED) is 0.355. The first-order chi connectivity index (χ1) is 6.18. The van der Waals surface area contributed by atoms with Gasteiger partial charge in [-0.15, -0.1) is 6.42 Å². The summed E-state index contributed by atoms with van der Waals surface area (Å²) >= 11 is 0. The van der Waals surface area contributed by atoms with E-state index in [2.05, 4.69) is 15.0 Å². The van der Waals surface area contributed by atoms with E-state index in [0.717, 1.165) is 0 Å². The molecule has 0 aliphatic rings. The van der Waals surface area contributed by atoms with Crippen LogP contribution in [0.3, 0.4) is 0 Å². The van der Waals surface area contributed by atoms with Crippen molar-refractivity contribution in [2.24, 2.45) is 0 Å². The smallest absolute Gasteiger partial charge is 0.366 e. The zero-order valence-electron chi connectivity index (χ0n) is 7.69. The average molecular weight is 208 g/mol. The van der Waals surface area contributed by atoms with E-state index < -0.39 is 7.82 Å². The number of phosphoric acid groups is 1. The summed E-state index contributed by atoms with van der Waals surface area (Å²) in [7, 11) is -0.876. The van der Waals surface area contributed by atoms with Gasteiger partial charge in [-0.25, -0.2) is 4.57 Å². The topological polar surface area (TPSA) is 54.0 Å². The lowest BCUT2D eigenvalue weighted by atomic mass is 10.7. The van der Waals surface area contributed by atoms with E-state index >= 15 is 0 Å². The van der Waals surface area contributed by atoms with E-state index in [0.29, 0.717) is 0 Å². The first-order valence-electron chi connectivity index (χ1n) is 3.56. The maximum atomic E-state index is 11.2. The second kappa shape index (κ2) is 7.07. The molecule has 0 rings (SSSR count). The molecule has 0 aromatic carbocycles. The molecule has 13 heavy (non-hydrogen) atoms. The van der Waals surface area contributed by atoms with Gasteiger partial charge in [-0.3, -0.25) is 13.6 Å². The van der Waals surface area contributed by atoms with Gasteiger partial charge < -0.3 is 4.74 Å². The highest BCUT2D eigenvalue weighted by Crippen LogP contribution is 2.47. The van der Waals surface area contributed by atoms with E-state index in [1.807, 2.05) is 0 Å². The van der Waals surface area contributed by atoms with Crippen LogP contribution in [0.4, 0.5) is 0 Å². The predicted octanol–water partition coefficient (Wildman–Crippen LogP) is 1.05. The molecule has 0 radical (unpaired) electrons. The molecule has 6 heteroatoms. The number of rotatable bonds is 7. The fourth-order valence-electron chi connectivity index (χ4n) is 0.519. The molecule has 0 fully saturated rings. The summed E-state index contributed by atoms with van der Waals surface area (Å²) in [5, 5.41) is 0. The Labute approximate surface area is 77.9 Å². The maximum absolute atomic E-state index is 11.2. The van der Waals surface area contributed by atoms with Crippen LogP contribution in [-0.2, 0) is 22.9 Å². The summed E-state index contributed by atoms with van der Waals surface area (Å²) in [6, 6.07) is 0. The maximum Gasteiger partial charge on any atom is 0.474 e. The Morgan fingerprint density at radius 1 is 1.31 bits per heavy atom. The van der Waals surface area contributed by atoms with Gasteiger partial charge in [0.05, 0.1) is 13.2 Å². The van der Waals surface area contributed by atoms with Crippen LogP contribution >= 0.6 is 7.82 Å². The molecule has 0 bridgehead atoms. The average Bonchev–Trinajstić information content (AvgIpc) is 2.17. The van der Waals surface area contributed by atoms with Crippen LogP contribution in [0.25, 0.3) is 0 Å². The Kier molecular flexibility index (Phi) is 6.87. The molecule has 76 valence electrons. The molecule has 0 aliphatic carbocycles. The molecule has 0 aromatic heterocycles. The molecule has 0 aliphatic heterocycles. The standard InChI is InChI=1S/C7H13O5P/c1-4-5-11-6-7-12-13(8,9-2)10-3/h1H,5-7H2,2-3H3. The van der Waals surface area contributed by atoms with Gasteiger partial charge in [-0.05, 0) is 0 Å². The molecular formula is C7H13O5P. The van der Waals surface area contributed by atoms with Gasteiger partial charge in [0.1, 0.15) is 6.61 Å². The summed E-state index contributed by atoms with van der Waals surface area (Å²) in [5.41, 5.74) is 0. The highest BCUT2D eigenvalue weighted by atomic mass is 31.2. The first kappa shape index (κ1) is 12.6. The van der Waals surface area contributed by atoms with Gasteiger partial charge in [-0.1, -0.05) is 5.92 Å². The number of phosphoric ester groups is 1. The van der Waals surface area contributed by atoms with Crippen molar-refractivity contribution in [3.8, 4) is 12.3 Å². The van der Waals surface area contributed by atoms with Crippen molar-refractivity contribution in [3.63, 3.8) is 0 Å². The normalized spacial score (nSPS) is 11.2. The third kappa shape index (κ3) is 5.81. The highest BCUT2D eigenvalue weighted by Gasteiger charge is 2.21. The molecule has 0 spiro atoms. The second-order valence-corrected chi connectivity index (χ2v) is 3.79. The lowest BCUT2D eigenvalue weighted by Gasteiger charge is -2.12. The monoisotopic (exact) mass is 208 g/mol. The largest absolute Gasteiger partial charge is 0.474 e. The minimum atomic E-state index is -3.36. The molecule has 0 heterocycles. The molecule has 0 saturated carbocycles. The van der Waals surface area contributed by atoms with Crippen LogP contribution < -0.4 is 0 Å². The summed E-state index contributed by atoms with van der Waals surface area (Å²) in [6.45, 7) is 0.565. The zero-order chi connectivity index (χ0) is 10.2. The highest BCUT2D eigenvalue weighted by molar-refractivity contribution is 7.48. The predicted molar refractivity (Wildman–Crippen MR) is 47.2 cm³/mol. The SMILES string of the molecule is C#CCOCCOP(=O)(OC)OC. The van der Waals surface area contributed by atoms with Crippen LogP contribution in [0.15, 0.2) is 0 Å². The van der Waals surface area contributed by atoms with Crippen molar-refractivity contribution in [1.82, 2.24) is 0 Å². The lowest BCUT2D eigenvalue weighted by Crippen LogP contribution is -2.04. The van der Waals surface area contributed by atoms with E-state index in [9.17, 15) is 4.57 Å². The van der Waals surface area contributed by atoms with Gasteiger partial charge in [0, 0.05) is 14.2 Å². The van der Waals surface area contributed by atoms with E-state index in [1.165, 1.54) is 14.2 Å². The number of hydrogen-bond donors (Lipinski definition) is 0. The summed E-state index contributed by atoms with van der Waals surface area (Å²) in [6.07, 6.45) is 4.93. The van der Waals surface area contributed by atoms with Crippen molar-refractivity contribution in [2.75, 3.05) is 34.0 Å². The summed E-state index contributed by atoms with van der Waals surface area (Å²) < 4.78 is 29.9. The van der Waals surface area contributed by atoms with Crippen LogP contribution in [0.5, 0.6) is 0 Å². The van der Waals surface area contributed by atoms with Crippen LogP contribution in [0, 0.1) is 12.3 Å². The lowest BCUT2D eigenvalue weighted by molar-refractivity contribution is 0.0916. The van der Waals surface area contributed by atoms with Crippen LogP contribution in [0.1, 0.15) is 0 Å². The third-order valence-electron chi connectivity index (χ3n) is 1.11. The van der Waals surface area contributed by atoms with Crippen molar-refractivity contribution in [1.29, 1.82) is 0 Å². The molecule has 0 amide bonds. The van der Waals surface area contributed by atoms with Gasteiger partial charge in [-0.2, -0.15) is 0 Å². The first-order valence-corrected chi connectivity index (χ1v) is 5.02. The molecular weight excluding hydrogens is 195 g/mol. The molecule has 0 N–H and O–H groups in total. The van der Waals surface area contributed by atoms with E-state index in [-0.39, 0.29) is 19.8 Å². The summed E-state index contributed by atoms with van der Waals surface area (Å²) in [5.74, 6) is 2.28. The van der Waals surface area contributed by atoms with Crippen molar-refractivity contribution in [2.45, 2.75) is 0 Å². The van der Waals surface area contributed by atoms with Gasteiger partial charge in [0.25, 0.3) is 0 Å². The molecule has 0 unspecified atom stereocenters. The van der Waals surface area contributed by atoms with Crippen molar-refractivity contribution in [3.05, 3.63) is 0 Å². The minimum absolute atomic E-state index is 0.112. The Morgan fingerprint density at radius 3 is 2.38 bits per heavy atom. The van der Waals surface area contributed by atoms with E-state index in [1.54, 1.807) is 0 Å².